The molecule has 1 fully saturated rings. The molecule has 0 spiro atoms. The van der Waals surface area contributed by atoms with Gasteiger partial charge in [-0.25, -0.2) is 0 Å². The van der Waals surface area contributed by atoms with Gasteiger partial charge in [0.1, 0.15) is 6.61 Å². The van der Waals surface area contributed by atoms with Crippen LogP contribution in [0.1, 0.15) is 12.8 Å². The van der Waals surface area contributed by atoms with E-state index in [4.69, 9.17) is 11.3 Å². The van der Waals surface area contributed by atoms with Gasteiger partial charge < -0.3 is 0 Å². The summed E-state index contributed by atoms with van der Waals surface area (Å²) in [7, 11) is -0.604. The van der Waals surface area contributed by atoms with Crippen LogP contribution in [-0.4, -0.2) is 28.4 Å². The maximum Gasteiger partial charge on any atom is 0.128 e. The fourth-order valence-electron chi connectivity index (χ4n) is 1.11. The van der Waals surface area contributed by atoms with E-state index in [0.29, 0.717) is 12.6 Å². The highest BCUT2D eigenvalue weighted by Crippen LogP contribution is 2.08. The fourth-order valence-corrected chi connectivity index (χ4v) is 2.41. The second-order valence-corrected chi connectivity index (χ2v) is 4.43. The quantitative estimate of drug-likeness (QED) is 0.385. The molecule has 12 heavy (non-hydrogen) atoms. The van der Waals surface area contributed by atoms with Crippen LogP contribution in [0.2, 0.25) is 0 Å². The lowest BCUT2D eigenvalue weighted by atomic mass is 10.2. The molecule has 1 aliphatic rings. The van der Waals surface area contributed by atoms with Crippen LogP contribution >= 0.6 is 0 Å². The standard InChI is InChI=1S/C8H13NO2S/c1-2-5-11-9-8-3-6-12(10)7-4-8/h1,8-9H,3-7H2. The third kappa shape index (κ3) is 3.35. The molecule has 1 heterocycles. The van der Waals surface area contributed by atoms with Crippen molar-refractivity contribution < 1.29 is 9.05 Å². The molecule has 1 rings (SSSR count). The highest BCUT2D eigenvalue weighted by atomic mass is 32.2. The second kappa shape index (κ2) is 5.31. The minimum absolute atomic E-state index is 0.291. The zero-order chi connectivity index (χ0) is 8.81. The van der Waals surface area contributed by atoms with E-state index in [1.807, 2.05) is 0 Å². The van der Waals surface area contributed by atoms with Gasteiger partial charge in [0.2, 0.25) is 0 Å². The molecule has 0 atom stereocenters. The first-order valence-electron chi connectivity index (χ1n) is 3.98. The van der Waals surface area contributed by atoms with Crippen molar-refractivity contribution in [3.05, 3.63) is 0 Å². The summed E-state index contributed by atoms with van der Waals surface area (Å²) in [6.45, 7) is 0.291. The average molecular weight is 187 g/mol. The lowest BCUT2D eigenvalue weighted by Crippen LogP contribution is -2.35. The van der Waals surface area contributed by atoms with Gasteiger partial charge in [-0.3, -0.25) is 9.05 Å². The molecule has 0 saturated carbocycles. The number of terminal acetylenes is 1. The molecule has 1 N–H and O–H groups in total. The molecule has 0 aromatic heterocycles. The van der Waals surface area contributed by atoms with Crippen molar-refractivity contribution in [3.63, 3.8) is 0 Å². The maximum atomic E-state index is 10.9. The van der Waals surface area contributed by atoms with E-state index in [1.165, 1.54) is 0 Å². The smallest absolute Gasteiger partial charge is 0.128 e. The van der Waals surface area contributed by atoms with Gasteiger partial charge in [0.05, 0.1) is 0 Å². The molecule has 0 aromatic rings. The summed E-state index contributed by atoms with van der Waals surface area (Å²) in [5, 5.41) is 0. The SMILES string of the molecule is C#CCONC1CCS(=O)CC1. The first-order chi connectivity index (χ1) is 5.83. The molecular formula is C8H13NO2S. The minimum Gasteiger partial charge on any atom is -0.289 e. The predicted molar refractivity (Wildman–Crippen MR) is 48.8 cm³/mol. The van der Waals surface area contributed by atoms with Gasteiger partial charge in [0.25, 0.3) is 0 Å². The van der Waals surface area contributed by atoms with Gasteiger partial charge in [-0.1, -0.05) is 5.92 Å². The van der Waals surface area contributed by atoms with Gasteiger partial charge in [-0.05, 0) is 12.8 Å². The zero-order valence-electron chi connectivity index (χ0n) is 6.91. The first-order valence-corrected chi connectivity index (χ1v) is 5.47. The predicted octanol–water partition coefficient (Wildman–Crippen LogP) is 0.0519. The van der Waals surface area contributed by atoms with Crippen LogP contribution in [0, 0.1) is 12.3 Å². The van der Waals surface area contributed by atoms with Crippen molar-refractivity contribution in [2.24, 2.45) is 0 Å². The average Bonchev–Trinajstić information content (AvgIpc) is 2.09. The van der Waals surface area contributed by atoms with E-state index in [2.05, 4.69) is 11.4 Å². The van der Waals surface area contributed by atoms with Crippen LogP contribution in [-0.2, 0) is 15.6 Å². The Labute approximate surface area is 75.3 Å². The van der Waals surface area contributed by atoms with Gasteiger partial charge >= 0.3 is 0 Å². The fraction of sp³-hybridized carbons (Fsp3) is 0.750. The van der Waals surface area contributed by atoms with Crippen LogP contribution < -0.4 is 5.48 Å². The lowest BCUT2D eigenvalue weighted by molar-refractivity contribution is 0.0358. The molecule has 0 aromatic carbocycles. The minimum atomic E-state index is -0.604. The van der Waals surface area contributed by atoms with Crippen LogP contribution in [0.15, 0.2) is 0 Å². The molecule has 68 valence electrons. The highest BCUT2D eigenvalue weighted by molar-refractivity contribution is 7.85. The monoisotopic (exact) mass is 187 g/mol. The first kappa shape index (κ1) is 9.72. The zero-order valence-corrected chi connectivity index (χ0v) is 7.73. The van der Waals surface area contributed by atoms with Crippen molar-refractivity contribution in [2.45, 2.75) is 18.9 Å². The summed E-state index contributed by atoms with van der Waals surface area (Å²) in [5.74, 6) is 3.92. The molecular weight excluding hydrogens is 174 g/mol. The Kier molecular flexibility index (Phi) is 4.30. The van der Waals surface area contributed by atoms with Crippen molar-refractivity contribution in [2.75, 3.05) is 18.1 Å². The van der Waals surface area contributed by atoms with Crippen LogP contribution in [0.3, 0.4) is 0 Å². The molecule has 3 nitrogen and oxygen atoms in total. The summed E-state index contributed by atoms with van der Waals surface area (Å²) in [4.78, 5) is 4.97. The molecule has 4 heteroatoms. The Hall–Kier alpha value is -0.370. The molecule has 0 aliphatic carbocycles. The van der Waals surface area contributed by atoms with Gasteiger partial charge in [-0.2, -0.15) is 5.48 Å². The van der Waals surface area contributed by atoms with Crippen LogP contribution in [0.5, 0.6) is 0 Å². The number of hydroxylamine groups is 1. The molecule has 0 bridgehead atoms. The highest BCUT2D eigenvalue weighted by Gasteiger charge is 2.16. The number of hydrogen-bond acceptors (Lipinski definition) is 3. The molecule has 0 unspecified atom stereocenters. The van der Waals surface area contributed by atoms with Crippen molar-refractivity contribution in [1.82, 2.24) is 5.48 Å². The Balaban J connectivity index is 2.10. The third-order valence-electron chi connectivity index (χ3n) is 1.79. The van der Waals surface area contributed by atoms with E-state index in [0.717, 1.165) is 24.3 Å². The van der Waals surface area contributed by atoms with Crippen molar-refractivity contribution >= 4 is 10.8 Å². The normalized spacial score (nSPS) is 29.6. The van der Waals surface area contributed by atoms with Gasteiger partial charge in [0, 0.05) is 28.3 Å². The van der Waals surface area contributed by atoms with E-state index in [9.17, 15) is 4.21 Å². The number of rotatable bonds is 3. The topological polar surface area (TPSA) is 38.3 Å². The summed E-state index contributed by atoms with van der Waals surface area (Å²) >= 11 is 0. The summed E-state index contributed by atoms with van der Waals surface area (Å²) in [5.41, 5.74) is 2.87. The second-order valence-electron chi connectivity index (χ2n) is 2.73. The largest absolute Gasteiger partial charge is 0.289 e. The molecule has 1 saturated heterocycles. The summed E-state index contributed by atoms with van der Waals surface area (Å²) < 4.78 is 10.9. The lowest BCUT2D eigenvalue weighted by Gasteiger charge is -2.21. The van der Waals surface area contributed by atoms with E-state index < -0.39 is 10.8 Å². The van der Waals surface area contributed by atoms with E-state index in [-0.39, 0.29) is 0 Å². The van der Waals surface area contributed by atoms with E-state index in [1.54, 1.807) is 0 Å². The van der Waals surface area contributed by atoms with Gasteiger partial charge in [-0.15, -0.1) is 6.42 Å². The number of nitrogens with one attached hydrogen (secondary N) is 1. The van der Waals surface area contributed by atoms with Crippen molar-refractivity contribution in [1.29, 1.82) is 0 Å². The Morgan fingerprint density at radius 3 is 2.83 bits per heavy atom. The molecule has 0 radical (unpaired) electrons. The van der Waals surface area contributed by atoms with Crippen LogP contribution in [0.4, 0.5) is 0 Å². The van der Waals surface area contributed by atoms with Crippen molar-refractivity contribution in [3.8, 4) is 12.3 Å². The van der Waals surface area contributed by atoms with E-state index >= 15 is 0 Å². The molecule has 1 aliphatic heterocycles. The third-order valence-corrected chi connectivity index (χ3v) is 3.18. The van der Waals surface area contributed by atoms with Gasteiger partial charge in [0.15, 0.2) is 0 Å². The van der Waals surface area contributed by atoms with Crippen LogP contribution in [0.25, 0.3) is 0 Å². The Morgan fingerprint density at radius 1 is 1.58 bits per heavy atom. The maximum absolute atomic E-state index is 10.9. The summed E-state index contributed by atoms with van der Waals surface area (Å²) in [6, 6.07) is 0.330. The Morgan fingerprint density at radius 2 is 2.25 bits per heavy atom. The number of hydrogen-bond donors (Lipinski definition) is 1. The Bertz CT molecular complexity index is 190. The summed E-state index contributed by atoms with van der Waals surface area (Å²) in [6.07, 6.45) is 6.83. The molecule has 0 amide bonds.